The molecule has 7 nitrogen and oxygen atoms in total. The standard InChI is InChI=1S/C21H18N4.C13H15F3N2O/c1-22-20-13-16(9-11-23-20)7-8-19-15-24-21-14-18(10-12-25(19)21)17-5-3-2-4-6-17;14-13(15,16)12-7-10(9-19)1-2-11(12)8-18-5-3-17-4-6-18/h2-6,9-14,19H,15H2,1H3,(H,22,23);1-2,7,9,17H,3-6,8H2. The Hall–Kier alpha value is -4.72. The summed E-state index contributed by atoms with van der Waals surface area (Å²) < 4.78 is 38.9. The highest BCUT2D eigenvalue weighted by atomic mass is 19.4. The van der Waals surface area contributed by atoms with Crippen molar-refractivity contribution in [2.24, 2.45) is 4.99 Å². The quantitative estimate of drug-likeness (QED) is 0.315. The van der Waals surface area contributed by atoms with Crippen LogP contribution < -0.4 is 10.6 Å². The Morgan fingerprint density at radius 2 is 1.89 bits per heavy atom. The van der Waals surface area contributed by atoms with Gasteiger partial charge in [0.05, 0.1) is 12.1 Å². The SMILES string of the molecule is CNc1cc(C#CC2CN=C3C=C(c4ccccc4)C=CN32)ccn1.O=Cc1ccc(CN2CCNCC2)c(C(F)(F)F)c1. The zero-order valence-corrected chi connectivity index (χ0v) is 24.3. The molecule has 0 radical (unpaired) electrons. The summed E-state index contributed by atoms with van der Waals surface area (Å²) in [5.41, 5.74) is 2.89. The molecule has 1 saturated heterocycles. The van der Waals surface area contributed by atoms with Gasteiger partial charge in [-0.3, -0.25) is 14.7 Å². The number of rotatable bonds is 5. The van der Waals surface area contributed by atoms with Crippen LogP contribution >= 0.6 is 0 Å². The van der Waals surface area contributed by atoms with Gasteiger partial charge < -0.3 is 15.5 Å². The first-order chi connectivity index (χ1) is 21.3. The van der Waals surface area contributed by atoms with Crippen LogP contribution in [-0.2, 0) is 12.7 Å². The summed E-state index contributed by atoms with van der Waals surface area (Å²) >= 11 is 0. The molecule has 0 bridgehead atoms. The van der Waals surface area contributed by atoms with Crippen LogP contribution in [0.3, 0.4) is 0 Å². The number of aliphatic imine (C=N–C) groups is 1. The highest BCUT2D eigenvalue weighted by Gasteiger charge is 2.34. The van der Waals surface area contributed by atoms with E-state index in [0.29, 0.717) is 12.8 Å². The molecular weight excluding hydrogens is 565 g/mol. The molecule has 3 aromatic rings. The van der Waals surface area contributed by atoms with Crippen molar-refractivity contribution in [2.75, 3.05) is 45.1 Å². The minimum Gasteiger partial charge on any atom is -0.373 e. The number of hydrogen-bond donors (Lipinski definition) is 2. The van der Waals surface area contributed by atoms with Gasteiger partial charge in [0.25, 0.3) is 0 Å². The van der Waals surface area contributed by atoms with Crippen LogP contribution in [0.1, 0.15) is 32.6 Å². The number of halogens is 3. The van der Waals surface area contributed by atoms with E-state index in [9.17, 15) is 18.0 Å². The van der Waals surface area contributed by atoms with E-state index in [0.717, 1.165) is 49.5 Å². The monoisotopic (exact) mass is 598 g/mol. The topological polar surface area (TPSA) is 72.9 Å². The summed E-state index contributed by atoms with van der Waals surface area (Å²) in [5.74, 6) is 8.37. The lowest BCUT2D eigenvalue weighted by atomic mass is 10.0. The van der Waals surface area contributed by atoms with Gasteiger partial charge in [-0.15, -0.1) is 0 Å². The van der Waals surface area contributed by atoms with Crippen molar-refractivity contribution < 1.29 is 18.0 Å². The largest absolute Gasteiger partial charge is 0.416 e. The molecule has 3 aliphatic rings. The Morgan fingerprint density at radius 3 is 2.61 bits per heavy atom. The predicted octanol–water partition coefficient (Wildman–Crippen LogP) is 5.09. The van der Waals surface area contributed by atoms with E-state index >= 15 is 0 Å². The van der Waals surface area contributed by atoms with Gasteiger partial charge in [0, 0.05) is 63.3 Å². The third-order valence-corrected chi connectivity index (χ3v) is 7.41. The van der Waals surface area contributed by atoms with Crippen molar-refractivity contribution in [3.8, 4) is 11.8 Å². The van der Waals surface area contributed by atoms with Gasteiger partial charge in [-0.05, 0) is 47.1 Å². The fraction of sp³-hybridized carbons (Fsp3) is 0.265. The number of pyridine rings is 1. The average molecular weight is 599 g/mol. The minimum absolute atomic E-state index is 0.0522. The van der Waals surface area contributed by atoms with Crippen LogP contribution in [0, 0.1) is 11.8 Å². The molecule has 44 heavy (non-hydrogen) atoms. The van der Waals surface area contributed by atoms with Crippen molar-refractivity contribution in [1.29, 1.82) is 0 Å². The summed E-state index contributed by atoms with van der Waals surface area (Å²) in [7, 11) is 1.85. The Labute approximate surface area is 255 Å². The van der Waals surface area contributed by atoms with Gasteiger partial charge in [0.15, 0.2) is 0 Å². The van der Waals surface area contributed by atoms with E-state index in [-0.39, 0.29) is 23.7 Å². The maximum absolute atomic E-state index is 13.0. The molecule has 1 unspecified atom stereocenters. The molecule has 1 atom stereocenters. The summed E-state index contributed by atoms with van der Waals surface area (Å²) in [5, 5.41) is 6.18. The zero-order valence-electron chi connectivity index (χ0n) is 24.3. The van der Waals surface area contributed by atoms with E-state index in [1.165, 1.54) is 23.3 Å². The number of piperazine rings is 1. The first-order valence-electron chi connectivity index (χ1n) is 14.4. The van der Waals surface area contributed by atoms with E-state index in [1.54, 1.807) is 6.20 Å². The molecular formula is C34H33F3N6O. The number of alkyl halides is 3. The number of aromatic nitrogens is 1. The van der Waals surface area contributed by atoms with Gasteiger partial charge in [-0.2, -0.15) is 13.2 Å². The van der Waals surface area contributed by atoms with Crippen LogP contribution in [0.5, 0.6) is 0 Å². The number of amidine groups is 1. The average Bonchev–Trinajstić information content (AvgIpc) is 3.47. The number of hydrogen-bond acceptors (Lipinski definition) is 7. The van der Waals surface area contributed by atoms with Crippen molar-refractivity contribution in [3.05, 3.63) is 113 Å². The highest BCUT2D eigenvalue weighted by Crippen LogP contribution is 2.33. The molecule has 4 heterocycles. The van der Waals surface area contributed by atoms with Crippen LogP contribution in [0.25, 0.3) is 5.57 Å². The summed E-state index contributed by atoms with van der Waals surface area (Å²) in [4.78, 5) is 23.6. The number of carbonyl (C=O) groups excluding carboxylic acids is 1. The molecule has 0 aliphatic carbocycles. The van der Waals surface area contributed by atoms with E-state index in [1.807, 2.05) is 30.1 Å². The third kappa shape index (κ3) is 7.81. The Balaban J connectivity index is 0.000000182. The minimum atomic E-state index is -4.43. The fourth-order valence-electron chi connectivity index (χ4n) is 5.07. The summed E-state index contributed by atoms with van der Waals surface area (Å²) in [6, 6.07) is 18.0. The van der Waals surface area contributed by atoms with Crippen molar-refractivity contribution >= 4 is 23.5 Å². The van der Waals surface area contributed by atoms with Gasteiger partial charge in [-0.25, -0.2) is 4.98 Å². The number of aldehydes is 1. The van der Waals surface area contributed by atoms with Gasteiger partial charge in [0.2, 0.25) is 0 Å². The maximum atomic E-state index is 13.0. The van der Waals surface area contributed by atoms with E-state index in [2.05, 4.69) is 80.0 Å². The first kappa shape index (κ1) is 30.7. The summed E-state index contributed by atoms with van der Waals surface area (Å²) in [6.45, 7) is 3.98. The van der Waals surface area contributed by atoms with Crippen molar-refractivity contribution in [2.45, 2.75) is 18.8 Å². The van der Waals surface area contributed by atoms with E-state index in [4.69, 9.17) is 0 Å². The first-order valence-corrected chi connectivity index (χ1v) is 14.4. The lowest BCUT2D eigenvalue weighted by Crippen LogP contribution is -2.43. The fourth-order valence-corrected chi connectivity index (χ4v) is 5.07. The Kier molecular flexibility index (Phi) is 9.89. The smallest absolute Gasteiger partial charge is 0.373 e. The van der Waals surface area contributed by atoms with Crippen LogP contribution in [0.4, 0.5) is 19.0 Å². The number of benzene rings is 2. The number of nitrogens with zero attached hydrogens (tertiary/aromatic N) is 4. The van der Waals surface area contributed by atoms with Gasteiger partial charge >= 0.3 is 6.18 Å². The molecule has 3 aliphatic heterocycles. The molecule has 2 aromatic carbocycles. The Morgan fingerprint density at radius 1 is 1.09 bits per heavy atom. The lowest BCUT2D eigenvalue weighted by Gasteiger charge is -2.28. The molecule has 6 rings (SSSR count). The number of carbonyl (C=O) groups is 1. The molecule has 0 spiro atoms. The Bertz CT molecular complexity index is 1620. The van der Waals surface area contributed by atoms with Gasteiger partial charge in [-0.1, -0.05) is 54.3 Å². The molecule has 0 saturated carbocycles. The number of allylic oxidation sites excluding steroid dienone is 2. The lowest BCUT2D eigenvalue weighted by molar-refractivity contribution is -0.138. The predicted molar refractivity (Wildman–Crippen MR) is 167 cm³/mol. The zero-order chi connectivity index (χ0) is 30.9. The molecule has 2 N–H and O–H groups in total. The molecule has 10 heteroatoms. The molecule has 1 aromatic heterocycles. The molecule has 226 valence electrons. The molecule has 0 amide bonds. The van der Waals surface area contributed by atoms with Gasteiger partial charge in [0.1, 0.15) is 24.0 Å². The normalized spacial score (nSPS) is 17.7. The van der Waals surface area contributed by atoms with Crippen molar-refractivity contribution in [3.63, 3.8) is 0 Å². The van der Waals surface area contributed by atoms with Crippen LogP contribution in [0.15, 0.2) is 90.2 Å². The number of fused-ring (bicyclic) bond motifs is 1. The highest BCUT2D eigenvalue weighted by molar-refractivity contribution is 6.04. The second kappa shape index (κ2) is 14.2. The number of anilines is 1. The molecule has 1 fully saturated rings. The second-order valence-electron chi connectivity index (χ2n) is 10.4. The summed E-state index contributed by atoms with van der Waals surface area (Å²) in [6.07, 6.45) is 4.11. The van der Waals surface area contributed by atoms with Crippen molar-refractivity contribution in [1.82, 2.24) is 20.1 Å². The van der Waals surface area contributed by atoms with Crippen LogP contribution in [-0.4, -0.2) is 72.7 Å². The third-order valence-electron chi connectivity index (χ3n) is 7.41. The van der Waals surface area contributed by atoms with Crippen LogP contribution in [0.2, 0.25) is 0 Å². The number of nitrogens with one attached hydrogen (secondary N) is 2. The second-order valence-corrected chi connectivity index (χ2v) is 10.4. The maximum Gasteiger partial charge on any atom is 0.416 e. The van der Waals surface area contributed by atoms with E-state index < -0.39 is 11.7 Å².